The van der Waals surface area contributed by atoms with Gasteiger partial charge in [0.1, 0.15) is 6.26 Å². The second kappa shape index (κ2) is 9.15. The molecule has 31 heavy (non-hydrogen) atoms. The van der Waals surface area contributed by atoms with Crippen molar-refractivity contribution in [2.24, 2.45) is 0 Å². The predicted molar refractivity (Wildman–Crippen MR) is 122 cm³/mol. The minimum atomic E-state index is -3.27. The normalized spacial score (nSPS) is 18.8. The monoisotopic (exact) mass is 512 g/mol. The molecular weight excluding hydrogens is 488 g/mol. The first-order valence-corrected chi connectivity index (χ1v) is 12.4. The molecule has 0 atom stereocenters. The van der Waals surface area contributed by atoms with Gasteiger partial charge in [0.15, 0.2) is 5.69 Å². The van der Waals surface area contributed by atoms with E-state index in [4.69, 9.17) is 10.2 Å². The Morgan fingerprint density at radius 1 is 1.23 bits per heavy atom. The number of rotatable bonds is 5. The van der Waals surface area contributed by atoms with Gasteiger partial charge in [0.25, 0.3) is 11.9 Å². The summed E-state index contributed by atoms with van der Waals surface area (Å²) in [5.41, 5.74) is 6.99. The molecule has 2 aliphatic heterocycles. The fourth-order valence-electron chi connectivity index (χ4n) is 3.89. The molecule has 2 aliphatic rings. The van der Waals surface area contributed by atoms with E-state index in [9.17, 15) is 13.2 Å². The predicted octanol–water partition coefficient (Wildman–Crippen LogP) is 1.48. The van der Waals surface area contributed by atoms with Crippen LogP contribution in [-0.2, 0) is 10.0 Å². The molecule has 0 spiro atoms. The van der Waals surface area contributed by atoms with Crippen molar-refractivity contribution in [3.05, 3.63) is 34.6 Å². The highest BCUT2D eigenvalue weighted by molar-refractivity contribution is 9.10. The molecule has 4 N–H and O–H groups in total. The van der Waals surface area contributed by atoms with Crippen molar-refractivity contribution in [3.8, 4) is 0 Å². The molecule has 12 heteroatoms. The number of anilines is 3. The maximum atomic E-state index is 12.9. The number of oxazole rings is 1. The maximum absolute atomic E-state index is 12.9. The van der Waals surface area contributed by atoms with Gasteiger partial charge in [0, 0.05) is 36.3 Å². The van der Waals surface area contributed by atoms with Gasteiger partial charge >= 0.3 is 0 Å². The van der Waals surface area contributed by atoms with Gasteiger partial charge in [-0.25, -0.2) is 8.42 Å². The topological polar surface area (TPSA) is 134 Å². The summed E-state index contributed by atoms with van der Waals surface area (Å²) in [5.74, 6) is -0.434. The van der Waals surface area contributed by atoms with Crippen LogP contribution in [0.5, 0.6) is 0 Å². The van der Waals surface area contributed by atoms with Crippen LogP contribution in [0.2, 0.25) is 0 Å². The van der Waals surface area contributed by atoms with Gasteiger partial charge in [-0.1, -0.05) is 0 Å². The van der Waals surface area contributed by atoms with Gasteiger partial charge in [0.05, 0.1) is 10.9 Å². The number of carbonyl (C=O) groups is 1. The molecule has 4 rings (SSSR count). The van der Waals surface area contributed by atoms with Gasteiger partial charge < -0.3 is 25.7 Å². The van der Waals surface area contributed by atoms with Crippen molar-refractivity contribution in [1.82, 2.24) is 14.6 Å². The first-order chi connectivity index (χ1) is 14.8. The Labute approximate surface area is 189 Å². The molecule has 10 nitrogen and oxygen atoms in total. The van der Waals surface area contributed by atoms with Crippen molar-refractivity contribution in [3.63, 3.8) is 0 Å². The molecule has 1 amide bonds. The summed E-state index contributed by atoms with van der Waals surface area (Å²) in [5, 5.41) is 5.71. The number of benzene rings is 1. The molecule has 0 aliphatic carbocycles. The summed E-state index contributed by atoms with van der Waals surface area (Å²) in [6.45, 7) is 3.55. The zero-order valence-corrected chi connectivity index (χ0v) is 19.3. The lowest BCUT2D eigenvalue weighted by Crippen LogP contribution is -2.52. The van der Waals surface area contributed by atoms with Crippen molar-refractivity contribution in [2.45, 2.75) is 18.1 Å². The first kappa shape index (κ1) is 22.1. The molecule has 0 radical (unpaired) electrons. The van der Waals surface area contributed by atoms with Crippen LogP contribution in [0.3, 0.4) is 0 Å². The van der Waals surface area contributed by atoms with E-state index in [0.717, 1.165) is 18.8 Å². The number of nitrogen functional groups attached to an aromatic ring is 1. The zero-order valence-electron chi connectivity index (χ0n) is 16.9. The van der Waals surface area contributed by atoms with Crippen LogP contribution >= 0.6 is 15.9 Å². The van der Waals surface area contributed by atoms with Crippen molar-refractivity contribution in [1.29, 1.82) is 0 Å². The van der Waals surface area contributed by atoms with Gasteiger partial charge in [-0.05, 0) is 60.1 Å². The van der Waals surface area contributed by atoms with Crippen molar-refractivity contribution < 1.29 is 17.6 Å². The van der Waals surface area contributed by atoms with Crippen LogP contribution in [0.25, 0.3) is 0 Å². The number of amides is 1. The summed E-state index contributed by atoms with van der Waals surface area (Å²) in [4.78, 5) is 18.3. The van der Waals surface area contributed by atoms with Gasteiger partial charge in [-0.3, -0.25) is 4.79 Å². The molecule has 1 aromatic carbocycles. The highest BCUT2D eigenvalue weighted by Crippen LogP contribution is 2.30. The Kier molecular flexibility index (Phi) is 6.51. The van der Waals surface area contributed by atoms with Gasteiger partial charge in [-0.2, -0.15) is 9.29 Å². The average Bonchev–Trinajstić information content (AvgIpc) is 3.22. The van der Waals surface area contributed by atoms with Gasteiger partial charge in [-0.15, -0.1) is 0 Å². The minimum Gasteiger partial charge on any atom is -0.431 e. The number of hydrogen-bond donors (Lipinski definition) is 3. The number of aromatic nitrogens is 1. The smallest absolute Gasteiger partial charge is 0.292 e. The van der Waals surface area contributed by atoms with Crippen molar-refractivity contribution >= 4 is 49.2 Å². The van der Waals surface area contributed by atoms with Crippen LogP contribution < -0.4 is 21.3 Å². The molecule has 1 aromatic heterocycles. The zero-order chi connectivity index (χ0) is 22.0. The molecule has 168 valence electrons. The molecule has 2 saturated heterocycles. The van der Waals surface area contributed by atoms with Gasteiger partial charge in [0.2, 0.25) is 10.0 Å². The van der Waals surface area contributed by atoms with E-state index in [-0.39, 0.29) is 17.0 Å². The number of nitrogens with zero attached hydrogens (tertiary/aromatic N) is 3. The standard InChI is InChI=1S/C19H25BrN6O4S/c20-15-2-1-13(11-16(15)23-18(27)17-12-30-19(21)24-17)25-7-9-26(10-8-25)31(28,29)14-3-5-22-6-4-14/h1-2,11-12,14,22H,3-10H2,(H2,21,24)(H,23,27). The lowest BCUT2D eigenvalue weighted by molar-refractivity contribution is 0.102. The van der Waals surface area contributed by atoms with E-state index >= 15 is 0 Å². The van der Waals surface area contributed by atoms with Crippen molar-refractivity contribution in [2.75, 3.05) is 55.2 Å². The molecule has 2 fully saturated rings. The SMILES string of the molecule is Nc1nc(C(=O)Nc2cc(N3CCN(S(=O)(=O)C4CCNCC4)CC3)ccc2Br)co1. The molecule has 0 saturated carbocycles. The number of piperidine rings is 1. The molecule has 0 bridgehead atoms. The van der Waals surface area contributed by atoms with Crippen LogP contribution in [0, 0.1) is 0 Å². The maximum Gasteiger partial charge on any atom is 0.292 e. The third kappa shape index (κ3) is 4.86. The molecule has 2 aromatic rings. The van der Waals surface area contributed by atoms with E-state index in [1.807, 2.05) is 18.2 Å². The summed E-state index contributed by atoms with van der Waals surface area (Å²) in [6, 6.07) is 5.56. The highest BCUT2D eigenvalue weighted by Gasteiger charge is 2.34. The number of sulfonamides is 1. The summed E-state index contributed by atoms with van der Waals surface area (Å²) < 4.78 is 33.1. The number of piperazine rings is 1. The second-order valence-electron chi connectivity index (χ2n) is 7.57. The summed E-state index contributed by atoms with van der Waals surface area (Å²) >= 11 is 3.45. The average molecular weight is 513 g/mol. The summed E-state index contributed by atoms with van der Waals surface area (Å²) in [7, 11) is -3.27. The number of nitrogens with one attached hydrogen (secondary N) is 2. The van der Waals surface area contributed by atoms with E-state index in [1.54, 1.807) is 4.31 Å². The second-order valence-corrected chi connectivity index (χ2v) is 10.6. The Morgan fingerprint density at radius 3 is 2.58 bits per heavy atom. The Hall–Kier alpha value is -2.15. The van der Waals surface area contributed by atoms with E-state index in [0.29, 0.717) is 49.2 Å². The van der Waals surface area contributed by atoms with Crippen LogP contribution in [0.4, 0.5) is 17.4 Å². The largest absolute Gasteiger partial charge is 0.431 e. The fraction of sp³-hybridized carbons (Fsp3) is 0.474. The third-order valence-corrected chi connectivity index (χ3v) is 8.71. The molecular formula is C19H25BrN6O4S. The third-order valence-electron chi connectivity index (χ3n) is 5.62. The Bertz CT molecular complexity index is 1050. The number of hydrogen-bond acceptors (Lipinski definition) is 8. The van der Waals surface area contributed by atoms with Crippen LogP contribution in [0.1, 0.15) is 23.3 Å². The minimum absolute atomic E-state index is 0.0738. The number of halogens is 1. The Morgan fingerprint density at radius 2 is 1.94 bits per heavy atom. The lowest BCUT2D eigenvalue weighted by atomic mass is 10.2. The van der Waals surface area contributed by atoms with Crippen LogP contribution in [-0.4, -0.2) is 68.1 Å². The van der Waals surface area contributed by atoms with E-state index in [1.165, 1.54) is 6.26 Å². The lowest BCUT2D eigenvalue weighted by Gasteiger charge is -2.38. The highest BCUT2D eigenvalue weighted by atomic mass is 79.9. The molecule has 3 heterocycles. The quantitative estimate of drug-likeness (QED) is 0.548. The number of carbonyl (C=O) groups excluding carboxylic acids is 1. The first-order valence-electron chi connectivity index (χ1n) is 10.1. The van der Waals surface area contributed by atoms with E-state index in [2.05, 4.69) is 36.4 Å². The fourth-order valence-corrected chi connectivity index (χ4v) is 6.16. The summed E-state index contributed by atoms with van der Waals surface area (Å²) in [6.07, 6.45) is 2.52. The number of nitrogens with two attached hydrogens (primary N) is 1. The van der Waals surface area contributed by atoms with Crippen LogP contribution in [0.15, 0.2) is 33.4 Å². The molecule has 0 unspecified atom stereocenters. The Balaban J connectivity index is 1.41. The van der Waals surface area contributed by atoms with E-state index < -0.39 is 15.9 Å².